The summed E-state index contributed by atoms with van der Waals surface area (Å²) in [4.78, 5) is 0. The van der Waals surface area contributed by atoms with Gasteiger partial charge in [-0.2, -0.15) is 0 Å². The van der Waals surface area contributed by atoms with Gasteiger partial charge in [-0.25, -0.2) is 0 Å². The molecule has 0 heterocycles. The standard InChI is InChI=1S/C18H26O/c1-14-10-11-17(15(12-14)13-19-4)18(2,3)16-8-6-5-7-9-16/h5-9,13-14,17H,10-12H2,1-4H3/b15-13+/t14-,17-/m1/s1. The van der Waals surface area contributed by atoms with E-state index in [0.29, 0.717) is 5.92 Å². The molecule has 0 radical (unpaired) electrons. The SMILES string of the molecule is CO/C=C1\C[C@H](C)CC[C@H]1C(C)(C)c1ccccc1. The molecular formula is C18H26O. The molecule has 0 spiro atoms. The minimum Gasteiger partial charge on any atom is -0.504 e. The molecule has 1 fully saturated rings. The summed E-state index contributed by atoms with van der Waals surface area (Å²) < 4.78 is 5.33. The molecular weight excluding hydrogens is 232 g/mol. The Kier molecular flexibility index (Phi) is 4.34. The van der Waals surface area contributed by atoms with Gasteiger partial charge in [0.1, 0.15) is 0 Å². The van der Waals surface area contributed by atoms with Gasteiger partial charge < -0.3 is 4.74 Å². The van der Waals surface area contributed by atoms with Gasteiger partial charge >= 0.3 is 0 Å². The quantitative estimate of drug-likeness (QED) is 0.698. The second kappa shape index (κ2) is 5.81. The molecule has 1 nitrogen and oxygen atoms in total. The number of methoxy groups -OCH3 is 1. The first-order valence-corrected chi connectivity index (χ1v) is 7.33. The van der Waals surface area contributed by atoms with Gasteiger partial charge in [-0.1, -0.05) is 51.1 Å². The van der Waals surface area contributed by atoms with Crippen molar-refractivity contribution in [3.8, 4) is 0 Å². The van der Waals surface area contributed by atoms with E-state index in [1.165, 1.54) is 30.4 Å². The molecule has 0 saturated heterocycles. The van der Waals surface area contributed by atoms with Gasteiger partial charge in [-0.3, -0.25) is 0 Å². The van der Waals surface area contributed by atoms with Gasteiger partial charge in [0.25, 0.3) is 0 Å². The maximum atomic E-state index is 5.33. The summed E-state index contributed by atoms with van der Waals surface area (Å²) in [6.45, 7) is 7.08. The lowest BCUT2D eigenvalue weighted by Crippen LogP contribution is -2.33. The van der Waals surface area contributed by atoms with Crippen molar-refractivity contribution in [2.75, 3.05) is 7.11 Å². The summed E-state index contributed by atoms with van der Waals surface area (Å²) in [6.07, 6.45) is 5.75. The Morgan fingerprint density at radius 2 is 1.84 bits per heavy atom. The maximum Gasteiger partial charge on any atom is 0.0819 e. The molecule has 1 aliphatic rings. The Bertz CT molecular complexity index is 430. The summed E-state index contributed by atoms with van der Waals surface area (Å²) in [5, 5.41) is 0. The molecule has 1 saturated carbocycles. The van der Waals surface area contributed by atoms with Crippen molar-refractivity contribution in [3.05, 3.63) is 47.7 Å². The average molecular weight is 258 g/mol. The Morgan fingerprint density at radius 1 is 1.16 bits per heavy atom. The van der Waals surface area contributed by atoms with Gasteiger partial charge in [0.2, 0.25) is 0 Å². The van der Waals surface area contributed by atoms with Crippen LogP contribution in [0, 0.1) is 11.8 Å². The van der Waals surface area contributed by atoms with Crippen molar-refractivity contribution >= 4 is 0 Å². The third-order valence-electron chi connectivity index (χ3n) is 4.64. The van der Waals surface area contributed by atoms with Crippen molar-refractivity contribution in [1.29, 1.82) is 0 Å². The van der Waals surface area contributed by atoms with Crippen molar-refractivity contribution in [3.63, 3.8) is 0 Å². The van der Waals surface area contributed by atoms with E-state index in [1.54, 1.807) is 7.11 Å². The third-order valence-corrected chi connectivity index (χ3v) is 4.64. The minimum absolute atomic E-state index is 0.172. The van der Waals surface area contributed by atoms with Gasteiger partial charge in [-0.15, -0.1) is 0 Å². The first-order chi connectivity index (χ1) is 9.05. The Hall–Kier alpha value is -1.24. The molecule has 2 rings (SSSR count). The predicted octanol–water partition coefficient (Wildman–Crippen LogP) is 4.93. The van der Waals surface area contributed by atoms with Crippen LogP contribution in [-0.2, 0) is 10.2 Å². The topological polar surface area (TPSA) is 9.23 Å². The molecule has 1 aromatic carbocycles. The van der Waals surface area contributed by atoms with Crippen LogP contribution in [0.2, 0.25) is 0 Å². The van der Waals surface area contributed by atoms with Crippen LogP contribution >= 0.6 is 0 Å². The fourth-order valence-corrected chi connectivity index (χ4v) is 3.46. The number of ether oxygens (including phenoxy) is 1. The van der Waals surface area contributed by atoms with E-state index in [0.717, 1.165) is 5.92 Å². The maximum absolute atomic E-state index is 5.33. The van der Waals surface area contributed by atoms with Crippen molar-refractivity contribution in [2.45, 2.75) is 45.4 Å². The van der Waals surface area contributed by atoms with Crippen LogP contribution < -0.4 is 0 Å². The van der Waals surface area contributed by atoms with E-state index >= 15 is 0 Å². The van der Waals surface area contributed by atoms with E-state index < -0.39 is 0 Å². The molecule has 0 N–H and O–H groups in total. The van der Waals surface area contributed by atoms with Crippen LogP contribution in [0.15, 0.2) is 42.2 Å². The highest BCUT2D eigenvalue weighted by Crippen LogP contribution is 2.45. The second-order valence-corrected chi connectivity index (χ2v) is 6.46. The highest BCUT2D eigenvalue weighted by molar-refractivity contribution is 5.29. The Balaban J connectivity index is 2.30. The zero-order chi connectivity index (χ0) is 13.9. The molecule has 0 unspecified atom stereocenters. The fraction of sp³-hybridized carbons (Fsp3) is 0.556. The monoisotopic (exact) mass is 258 g/mol. The van der Waals surface area contributed by atoms with Gasteiger partial charge in [-0.05, 0) is 47.6 Å². The van der Waals surface area contributed by atoms with E-state index in [-0.39, 0.29) is 5.41 Å². The number of hydrogen-bond donors (Lipinski definition) is 0. The molecule has 0 aliphatic heterocycles. The average Bonchev–Trinajstić information content (AvgIpc) is 2.40. The smallest absolute Gasteiger partial charge is 0.0819 e. The predicted molar refractivity (Wildman–Crippen MR) is 81.1 cm³/mol. The second-order valence-electron chi connectivity index (χ2n) is 6.46. The molecule has 0 amide bonds. The lowest BCUT2D eigenvalue weighted by molar-refractivity contribution is 0.247. The zero-order valence-corrected chi connectivity index (χ0v) is 12.6. The fourth-order valence-electron chi connectivity index (χ4n) is 3.46. The van der Waals surface area contributed by atoms with E-state index in [2.05, 4.69) is 51.1 Å². The molecule has 1 heteroatoms. The van der Waals surface area contributed by atoms with Crippen LogP contribution in [0.25, 0.3) is 0 Å². The molecule has 19 heavy (non-hydrogen) atoms. The largest absolute Gasteiger partial charge is 0.504 e. The molecule has 104 valence electrons. The highest BCUT2D eigenvalue weighted by Gasteiger charge is 2.36. The number of allylic oxidation sites excluding steroid dienone is 1. The molecule has 0 aromatic heterocycles. The molecule has 1 aromatic rings. The molecule has 1 aliphatic carbocycles. The normalized spacial score (nSPS) is 26.4. The van der Waals surface area contributed by atoms with E-state index in [9.17, 15) is 0 Å². The van der Waals surface area contributed by atoms with Gasteiger partial charge in [0.15, 0.2) is 0 Å². The lowest BCUT2D eigenvalue weighted by Gasteiger charge is -2.40. The van der Waals surface area contributed by atoms with Crippen LogP contribution in [-0.4, -0.2) is 7.11 Å². The summed E-state index contributed by atoms with van der Waals surface area (Å²) in [5.41, 5.74) is 3.08. The van der Waals surface area contributed by atoms with Crippen LogP contribution in [0.3, 0.4) is 0 Å². The Labute approximate surface area is 117 Å². The third kappa shape index (κ3) is 3.02. The van der Waals surface area contributed by atoms with Crippen LogP contribution in [0.5, 0.6) is 0 Å². The summed E-state index contributed by atoms with van der Waals surface area (Å²) in [6, 6.07) is 10.9. The van der Waals surface area contributed by atoms with Crippen LogP contribution in [0.4, 0.5) is 0 Å². The van der Waals surface area contributed by atoms with E-state index in [4.69, 9.17) is 4.74 Å². The number of hydrogen-bond acceptors (Lipinski definition) is 1. The first-order valence-electron chi connectivity index (χ1n) is 7.33. The van der Waals surface area contributed by atoms with Crippen molar-refractivity contribution in [1.82, 2.24) is 0 Å². The van der Waals surface area contributed by atoms with Crippen molar-refractivity contribution < 1.29 is 4.74 Å². The van der Waals surface area contributed by atoms with Gasteiger partial charge in [0.05, 0.1) is 13.4 Å². The first kappa shape index (κ1) is 14.2. The number of rotatable bonds is 3. The van der Waals surface area contributed by atoms with Crippen molar-refractivity contribution in [2.24, 2.45) is 11.8 Å². The Morgan fingerprint density at radius 3 is 2.47 bits per heavy atom. The zero-order valence-electron chi connectivity index (χ0n) is 12.6. The minimum atomic E-state index is 0.172. The molecule has 2 atom stereocenters. The molecule has 0 bridgehead atoms. The highest BCUT2D eigenvalue weighted by atomic mass is 16.5. The summed E-state index contributed by atoms with van der Waals surface area (Å²) in [5.74, 6) is 1.37. The van der Waals surface area contributed by atoms with E-state index in [1.807, 2.05) is 6.26 Å². The van der Waals surface area contributed by atoms with Gasteiger partial charge in [0, 0.05) is 0 Å². The number of benzene rings is 1. The summed E-state index contributed by atoms with van der Waals surface area (Å²) >= 11 is 0. The summed E-state index contributed by atoms with van der Waals surface area (Å²) in [7, 11) is 1.76. The lowest BCUT2D eigenvalue weighted by atomic mass is 9.64. The van der Waals surface area contributed by atoms with Crippen LogP contribution in [0.1, 0.15) is 45.6 Å².